The van der Waals surface area contributed by atoms with Crippen LogP contribution in [0.25, 0.3) is 6.08 Å². The van der Waals surface area contributed by atoms with Crippen molar-refractivity contribution in [2.45, 2.75) is 25.3 Å². The monoisotopic (exact) mass is 364 g/mol. The highest BCUT2D eigenvalue weighted by Crippen LogP contribution is 2.44. The molecule has 4 heteroatoms. The molecule has 0 saturated heterocycles. The third kappa shape index (κ3) is 3.19. The fourth-order valence-electron chi connectivity index (χ4n) is 4.00. The summed E-state index contributed by atoms with van der Waals surface area (Å²) in [5, 5.41) is 6.38. The topological polar surface area (TPSA) is 32.7 Å². The van der Waals surface area contributed by atoms with Crippen molar-refractivity contribution in [3.05, 3.63) is 77.4 Å². The van der Waals surface area contributed by atoms with Crippen LogP contribution in [-0.4, -0.2) is 22.5 Å². The minimum atomic E-state index is -0.138. The van der Waals surface area contributed by atoms with E-state index in [1.165, 1.54) is 11.1 Å². The minimum Gasteiger partial charge on any atom is -0.272 e. The maximum Gasteiger partial charge on any atom is 0.258 e. The fourth-order valence-corrected chi connectivity index (χ4v) is 4.12. The quantitative estimate of drug-likeness (QED) is 0.701. The zero-order valence-corrected chi connectivity index (χ0v) is 15.3. The minimum absolute atomic E-state index is 0.0510. The highest BCUT2D eigenvalue weighted by Gasteiger charge is 2.43. The molecule has 0 radical (unpaired) electrons. The lowest BCUT2D eigenvalue weighted by molar-refractivity contribution is -0.130. The number of rotatable bonds is 3. The van der Waals surface area contributed by atoms with E-state index in [1.807, 2.05) is 36.4 Å². The van der Waals surface area contributed by atoms with Gasteiger partial charge >= 0.3 is 0 Å². The van der Waals surface area contributed by atoms with Gasteiger partial charge in [0.25, 0.3) is 5.91 Å². The Morgan fingerprint density at radius 1 is 1.12 bits per heavy atom. The third-order valence-corrected chi connectivity index (χ3v) is 5.38. The van der Waals surface area contributed by atoms with Crippen LogP contribution in [-0.2, 0) is 4.79 Å². The van der Waals surface area contributed by atoms with Gasteiger partial charge < -0.3 is 0 Å². The molecule has 1 fully saturated rings. The van der Waals surface area contributed by atoms with Crippen LogP contribution in [0.2, 0.25) is 0 Å². The largest absolute Gasteiger partial charge is 0.272 e. The normalized spacial score (nSPS) is 23.7. The van der Waals surface area contributed by atoms with Crippen molar-refractivity contribution in [1.82, 2.24) is 5.01 Å². The van der Waals surface area contributed by atoms with E-state index in [1.54, 1.807) is 5.01 Å². The number of carbonyl (C=O) groups is 1. The van der Waals surface area contributed by atoms with Crippen molar-refractivity contribution in [3.63, 3.8) is 0 Å². The smallest absolute Gasteiger partial charge is 0.258 e. The van der Waals surface area contributed by atoms with E-state index in [4.69, 9.17) is 16.7 Å². The fraction of sp³-hybridized carbons (Fsp3) is 0.273. The number of halogens is 1. The Kier molecular flexibility index (Phi) is 4.89. The van der Waals surface area contributed by atoms with Gasteiger partial charge in [-0.05, 0) is 42.0 Å². The number of hydrogen-bond donors (Lipinski definition) is 0. The SMILES string of the molecule is O=C(CCl)N1N=C2/C(=C/c3ccccc3)CCC[C@H]2[C@@H]1c1ccccc1. The van der Waals surface area contributed by atoms with E-state index in [9.17, 15) is 4.79 Å². The standard InChI is InChI=1S/C22H21ClN2O/c23-15-20(26)25-22(17-10-5-2-6-11-17)19-13-7-12-18(21(19)24-25)14-16-8-3-1-4-9-16/h1-6,8-11,14,19,22H,7,12-13,15H2/b18-14+/t19-,22+/m1/s1. The Morgan fingerprint density at radius 2 is 1.81 bits per heavy atom. The van der Waals surface area contributed by atoms with E-state index in [-0.39, 0.29) is 23.7 Å². The molecule has 4 rings (SSSR count). The predicted molar refractivity (Wildman–Crippen MR) is 106 cm³/mol. The number of carbonyl (C=O) groups excluding carboxylic acids is 1. The molecule has 2 atom stereocenters. The van der Waals surface area contributed by atoms with Gasteiger partial charge in [-0.1, -0.05) is 60.7 Å². The predicted octanol–water partition coefficient (Wildman–Crippen LogP) is 5.05. The van der Waals surface area contributed by atoms with Gasteiger partial charge in [-0.3, -0.25) is 4.79 Å². The highest BCUT2D eigenvalue weighted by atomic mass is 35.5. The lowest BCUT2D eigenvalue weighted by Gasteiger charge is -2.29. The molecule has 0 bridgehead atoms. The first-order valence-electron chi connectivity index (χ1n) is 9.05. The van der Waals surface area contributed by atoms with Crippen molar-refractivity contribution in [2.75, 3.05) is 5.88 Å². The van der Waals surface area contributed by atoms with Crippen LogP contribution in [0.3, 0.4) is 0 Å². The number of fused-ring (bicyclic) bond motifs is 1. The van der Waals surface area contributed by atoms with Crippen LogP contribution in [0.5, 0.6) is 0 Å². The first kappa shape index (κ1) is 17.0. The lowest BCUT2D eigenvalue weighted by atomic mass is 9.77. The van der Waals surface area contributed by atoms with Gasteiger partial charge in [-0.25, -0.2) is 5.01 Å². The molecule has 1 aliphatic heterocycles. The van der Waals surface area contributed by atoms with E-state index < -0.39 is 0 Å². The lowest BCUT2D eigenvalue weighted by Crippen LogP contribution is -2.32. The van der Waals surface area contributed by atoms with Crippen molar-refractivity contribution in [3.8, 4) is 0 Å². The van der Waals surface area contributed by atoms with Crippen LogP contribution in [0.1, 0.15) is 36.4 Å². The molecule has 1 amide bonds. The Morgan fingerprint density at radius 3 is 2.50 bits per heavy atom. The van der Waals surface area contributed by atoms with E-state index >= 15 is 0 Å². The summed E-state index contributed by atoms with van der Waals surface area (Å²) in [6.45, 7) is 0. The molecule has 2 aliphatic rings. The van der Waals surface area contributed by atoms with Gasteiger partial charge in [0.1, 0.15) is 5.88 Å². The van der Waals surface area contributed by atoms with Crippen LogP contribution in [0.15, 0.2) is 71.3 Å². The molecular weight excluding hydrogens is 344 g/mol. The first-order chi connectivity index (χ1) is 12.8. The van der Waals surface area contributed by atoms with E-state index in [2.05, 4.69) is 30.3 Å². The van der Waals surface area contributed by atoms with E-state index in [0.29, 0.717) is 0 Å². The molecule has 2 aromatic carbocycles. The summed E-state index contributed by atoms with van der Waals surface area (Å²) in [6.07, 6.45) is 5.35. The number of hydrazone groups is 1. The molecule has 0 N–H and O–H groups in total. The zero-order chi connectivity index (χ0) is 17.9. The number of amides is 1. The summed E-state index contributed by atoms with van der Waals surface area (Å²) in [6, 6.07) is 20.4. The molecular formula is C22H21ClN2O. The average Bonchev–Trinajstić information content (AvgIpc) is 3.09. The zero-order valence-electron chi connectivity index (χ0n) is 14.5. The van der Waals surface area contributed by atoms with Crippen molar-refractivity contribution in [2.24, 2.45) is 11.0 Å². The van der Waals surface area contributed by atoms with Crippen LogP contribution < -0.4 is 0 Å². The maximum absolute atomic E-state index is 12.5. The van der Waals surface area contributed by atoms with Crippen molar-refractivity contribution >= 4 is 29.3 Å². The maximum atomic E-state index is 12.5. The van der Waals surface area contributed by atoms with Crippen LogP contribution in [0.4, 0.5) is 0 Å². The third-order valence-electron chi connectivity index (χ3n) is 5.15. The molecule has 3 nitrogen and oxygen atoms in total. The van der Waals surface area contributed by atoms with Crippen LogP contribution in [0, 0.1) is 5.92 Å². The second-order valence-corrected chi connectivity index (χ2v) is 7.06. The van der Waals surface area contributed by atoms with Gasteiger partial charge in [-0.2, -0.15) is 5.10 Å². The van der Waals surface area contributed by atoms with Gasteiger partial charge in [0.15, 0.2) is 0 Å². The Balaban J connectivity index is 1.74. The summed E-state index contributed by atoms with van der Waals surface area (Å²) in [4.78, 5) is 12.5. The molecule has 1 saturated carbocycles. The molecule has 132 valence electrons. The summed E-state index contributed by atoms with van der Waals surface area (Å²) in [5.41, 5.74) is 4.57. The number of nitrogens with zero attached hydrogens (tertiary/aromatic N) is 2. The molecule has 26 heavy (non-hydrogen) atoms. The van der Waals surface area contributed by atoms with Gasteiger partial charge in [-0.15, -0.1) is 11.6 Å². The van der Waals surface area contributed by atoms with Gasteiger partial charge in [0, 0.05) is 5.92 Å². The van der Waals surface area contributed by atoms with Crippen LogP contribution >= 0.6 is 11.6 Å². The summed E-state index contributed by atoms with van der Waals surface area (Å²) >= 11 is 5.87. The Bertz CT molecular complexity index is 845. The summed E-state index contributed by atoms with van der Waals surface area (Å²) in [7, 11) is 0. The number of hydrogen-bond acceptors (Lipinski definition) is 2. The highest BCUT2D eigenvalue weighted by molar-refractivity contribution is 6.27. The number of benzene rings is 2. The van der Waals surface area contributed by atoms with Crippen molar-refractivity contribution in [1.29, 1.82) is 0 Å². The van der Waals surface area contributed by atoms with E-state index in [0.717, 1.165) is 30.5 Å². The van der Waals surface area contributed by atoms with Gasteiger partial charge in [0.05, 0.1) is 11.8 Å². The molecule has 1 heterocycles. The van der Waals surface area contributed by atoms with Crippen molar-refractivity contribution < 1.29 is 4.79 Å². The molecule has 0 unspecified atom stereocenters. The Hall–Kier alpha value is -2.39. The second-order valence-electron chi connectivity index (χ2n) is 6.79. The first-order valence-corrected chi connectivity index (χ1v) is 9.59. The van der Waals surface area contributed by atoms with Gasteiger partial charge in [0.2, 0.25) is 0 Å². The molecule has 1 aliphatic carbocycles. The molecule has 0 spiro atoms. The Labute approximate surface area is 159 Å². The number of alkyl halides is 1. The second kappa shape index (κ2) is 7.46. The average molecular weight is 365 g/mol. The molecule has 0 aromatic heterocycles. The number of allylic oxidation sites excluding steroid dienone is 1. The molecule has 2 aromatic rings. The summed E-state index contributed by atoms with van der Waals surface area (Å²) < 4.78 is 0. The summed E-state index contributed by atoms with van der Waals surface area (Å²) in [5.74, 6) is 0.0413.